The molecule has 0 saturated carbocycles. The van der Waals surface area contributed by atoms with Crippen LogP contribution in [0.3, 0.4) is 0 Å². The Morgan fingerprint density at radius 3 is 2.20 bits per heavy atom. The second kappa shape index (κ2) is 11.6. The Hall–Kier alpha value is -0.0800. The molecule has 0 spiro atoms. The first-order chi connectivity index (χ1) is 9.77. The van der Waals surface area contributed by atoms with Gasteiger partial charge in [0.2, 0.25) is 0 Å². The van der Waals surface area contributed by atoms with E-state index in [4.69, 9.17) is 4.74 Å². The molecule has 3 atom stereocenters. The molecule has 0 radical (unpaired) electrons. The minimum Gasteiger partial charge on any atom is -0.377 e. The van der Waals surface area contributed by atoms with E-state index < -0.39 is 0 Å². The Kier molecular flexibility index (Phi) is 10.4. The molecule has 0 aromatic heterocycles. The lowest BCUT2D eigenvalue weighted by Gasteiger charge is -2.35. The molecule has 1 aliphatic rings. The van der Waals surface area contributed by atoms with Crippen LogP contribution < -0.4 is 5.32 Å². The Balaban J connectivity index is 1.95. The van der Waals surface area contributed by atoms with Gasteiger partial charge >= 0.3 is 0 Å². The van der Waals surface area contributed by atoms with E-state index >= 15 is 0 Å². The average Bonchev–Trinajstić information content (AvgIpc) is 2.46. The molecular weight excluding hydrogens is 246 g/mol. The number of piperidine rings is 1. The predicted octanol–water partition coefficient (Wildman–Crippen LogP) is 5.06. The van der Waals surface area contributed by atoms with E-state index in [9.17, 15) is 0 Å². The van der Waals surface area contributed by atoms with Crippen molar-refractivity contribution in [1.82, 2.24) is 5.32 Å². The fourth-order valence-electron chi connectivity index (χ4n) is 3.22. The first-order valence-corrected chi connectivity index (χ1v) is 9.15. The fourth-order valence-corrected chi connectivity index (χ4v) is 3.22. The molecular formula is C18H37NO. The van der Waals surface area contributed by atoms with E-state index in [0.29, 0.717) is 18.2 Å². The molecule has 0 aromatic carbocycles. The molecule has 1 rings (SSSR count). The molecule has 120 valence electrons. The SMILES string of the molecule is CCCCCCCCCCOC1CCC(C)NC1CC. The first-order valence-electron chi connectivity index (χ1n) is 9.15. The van der Waals surface area contributed by atoms with Crippen molar-refractivity contribution < 1.29 is 4.74 Å². The number of unbranched alkanes of at least 4 members (excludes halogenated alkanes) is 7. The average molecular weight is 284 g/mol. The van der Waals surface area contributed by atoms with Gasteiger partial charge in [0, 0.05) is 18.7 Å². The number of rotatable bonds is 11. The molecule has 0 bridgehead atoms. The van der Waals surface area contributed by atoms with Crippen LogP contribution in [0.1, 0.15) is 91.4 Å². The number of nitrogens with one attached hydrogen (secondary N) is 1. The van der Waals surface area contributed by atoms with Gasteiger partial charge in [-0.3, -0.25) is 0 Å². The highest BCUT2D eigenvalue weighted by atomic mass is 16.5. The van der Waals surface area contributed by atoms with Crippen LogP contribution in [0, 0.1) is 0 Å². The van der Waals surface area contributed by atoms with Crippen LogP contribution in [-0.2, 0) is 4.74 Å². The van der Waals surface area contributed by atoms with Gasteiger partial charge in [-0.15, -0.1) is 0 Å². The summed E-state index contributed by atoms with van der Waals surface area (Å²) < 4.78 is 6.12. The predicted molar refractivity (Wildman–Crippen MR) is 88.3 cm³/mol. The summed E-state index contributed by atoms with van der Waals surface area (Å²) in [5, 5.41) is 3.67. The monoisotopic (exact) mass is 283 g/mol. The van der Waals surface area contributed by atoms with E-state index in [1.807, 2.05) is 0 Å². The van der Waals surface area contributed by atoms with Crippen molar-refractivity contribution in [2.75, 3.05) is 6.61 Å². The molecule has 2 nitrogen and oxygen atoms in total. The van der Waals surface area contributed by atoms with Crippen LogP contribution in [0.2, 0.25) is 0 Å². The number of hydrogen-bond acceptors (Lipinski definition) is 2. The zero-order valence-corrected chi connectivity index (χ0v) is 14.1. The lowest BCUT2D eigenvalue weighted by Crippen LogP contribution is -2.49. The maximum absolute atomic E-state index is 6.12. The van der Waals surface area contributed by atoms with Gasteiger partial charge in [-0.05, 0) is 32.6 Å². The summed E-state index contributed by atoms with van der Waals surface area (Å²) in [5.74, 6) is 0. The maximum atomic E-state index is 6.12. The third-order valence-electron chi connectivity index (χ3n) is 4.60. The van der Waals surface area contributed by atoms with E-state index in [-0.39, 0.29) is 0 Å². The molecule has 0 aromatic rings. The molecule has 1 fully saturated rings. The van der Waals surface area contributed by atoms with Crippen molar-refractivity contribution in [3.8, 4) is 0 Å². The van der Waals surface area contributed by atoms with E-state index in [1.54, 1.807) is 0 Å². The highest BCUT2D eigenvalue weighted by Gasteiger charge is 2.26. The third-order valence-corrected chi connectivity index (χ3v) is 4.60. The standard InChI is InChI=1S/C18H37NO/c1-4-6-7-8-9-10-11-12-15-20-18-14-13-16(3)19-17(18)5-2/h16-19H,4-15H2,1-3H3. The van der Waals surface area contributed by atoms with Crippen LogP contribution in [0.5, 0.6) is 0 Å². The summed E-state index contributed by atoms with van der Waals surface area (Å²) >= 11 is 0. The normalized spacial score (nSPS) is 26.9. The summed E-state index contributed by atoms with van der Waals surface area (Å²) in [5.41, 5.74) is 0. The quantitative estimate of drug-likeness (QED) is 0.535. The molecule has 20 heavy (non-hydrogen) atoms. The van der Waals surface area contributed by atoms with Crippen molar-refractivity contribution in [3.63, 3.8) is 0 Å². The Labute approximate surface area is 127 Å². The van der Waals surface area contributed by atoms with Gasteiger partial charge in [-0.1, -0.05) is 58.8 Å². The summed E-state index contributed by atoms with van der Waals surface area (Å²) in [6.07, 6.45) is 15.2. The van der Waals surface area contributed by atoms with Gasteiger partial charge in [0.15, 0.2) is 0 Å². The van der Waals surface area contributed by atoms with Crippen molar-refractivity contribution in [1.29, 1.82) is 0 Å². The van der Waals surface area contributed by atoms with E-state index in [0.717, 1.165) is 6.61 Å². The van der Waals surface area contributed by atoms with E-state index in [2.05, 4.69) is 26.1 Å². The zero-order chi connectivity index (χ0) is 14.6. The highest BCUT2D eigenvalue weighted by Crippen LogP contribution is 2.19. The summed E-state index contributed by atoms with van der Waals surface area (Å²) in [6.45, 7) is 7.80. The van der Waals surface area contributed by atoms with Gasteiger partial charge < -0.3 is 10.1 Å². The highest BCUT2D eigenvalue weighted by molar-refractivity contribution is 4.85. The summed E-state index contributed by atoms with van der Waals surface area (Å²) in [7, 11) is 0. The Bertz CT molecular complexity index is 219. The van der Waals surface area contributed by atoms with Crippen molar-refractivity contribution in [2.24, 2.45) is 0 Å². The zero-order valence-electron chi connectivity index (χ0n) is 14.1. The molecule has 1 N–H and O–H groups in total. The van der Waals surface area contributed by atoms with E-state index in [1.165, 1.54) is 70.6 Å². The second-order valence-electron chi connectivity index (χ2n) is 6.54. The molecule has 1 aliphatic heterocycles. The van der Waals surface area contributed by atoms with Crippen LogP contribution in [0.15, 0.2) is 0 Å². The molecule has 0 amide bonds. The third kappa shape index (κ3) is 7.64. The smallest absolute Gasteiger partial charge is 0.0728 e. The van der Waals surface area contributed by atoms with Crippen molar-refractivity contribution in [2.45, 2.75) is 110 Å². The number of ether oxygens (including phenoxy) is 1. The Morgan fingerprint density at radius 1 is 0.900 bits per heavy atom. The van der Waals surface area contributed by atoms with Crippen LogP contribution in [-0.4, -0.2) is 24.8 Å². The fraction of sp³-hybridized carbons (Fsp3) is 1.00. The van der Waals surface area contributed by atoms with Gasteiger partial charge in [-0.25, -0.2) is 0 Å². The summed E-state index contributed by atoms with van der Waals surface area (Å²) in [4.78, 5) is 0. The molecule has 2 heteroatoms. The van der Waals surface area contributed by atoms with Crippen LogP contribution in [0.25, 0.3) is 0 Å². The van der Waals surface area contributed by atoms with Crippen LogP contribution in [0.4, 0.5) is 0 Å². The van der Waals surface area contributed by atoms with Gasteiger partial charge in [-0.2, -0.15) is 0 Å². The van der Waals surface area contributed by atoms with Gasteiger partial charge in [0.25, 0.3) is 0 Å². The lowest BCUT2D eigenvalue weighted by molar-refractivity contribution is -0.00209. The van der Waals surface area contributed by atoms with Crippen LogP contribution >= 0.6 is 0 Å². The molecule has 0 aliphatic carbocycles. The molecule has 1 heterocycles. The summed E-state index contributed by atoms with van der Waals surface area (Å²) in [6, 6.07) is 1.25. The maximum Gasteiger partial charge on any atom is 0.0728 e. The minimum atomic E-state index is 0.459. The van der Waals surface area contributed by atoms with Crippen molar-refractivity contribution in [3.05, 3.63) is 0 Å². The Morgan fingerprint density at radius 2 is 1.55 bits per heavy atom. The second-order valence-corrected chi connectivity index (χ2v) is 6.54. The minimum absolute atomic E-state index is 0.459. The molecule has 1 saturated heterocycles. The van der Waals surface area contributed by atoms with Gasteiger partial charge in [0.05, 0.1) is 6.10 Å². The lowest BCUT2D eigenvalue weighted by atomic mass is 9.95. The topological polar surface area (TPSA) is 21.3 Å². The van der Waals surface area contributed by atoms with Crippen molar-refractivity contribution >= 4 is 0 Å². The first kappa shape index (κ1) is 18.0. The largest absolute Gasteiger partial charge is 0.377 e. The van der Waals surface area contributed by atoms with Gasteiger partial charge in [0.1, 0.15) is 0 Å². The number of hydrogen-bond donors (Lipinski definition) is 1. The molecule has 3 unspecified atom stereocenters.